The molecule has 2 aromatic carbocycles. The summed E-state index contributed by atoms with van der Waals surface area (Å²) in [6.45, 7) is 1.98. The largest absolute Gasteiger partial charge is 0.353 e. The minimum Gasteiger partial charge on any atom is -0.353 e. The first-order valence-corrected chi connectivity index (χ1v) is 5.70. The molecule has 0 aliphatic rings. The number of aromatic amines is 1. The molecule has 0 fully saturated rings. The summed E-state index contributed by atoms with van der Waals surface area (Å²) in [6.07, 6.45) is 1.49. The second-order valence-corrected chi connectivity index (χ2v) is 4.17. The summed E-state index contributed by atoms with van der Waals surface area (Å²) in [4.78, 5) is 6.86. The van der Waals surface area contributed by atoms with Gasteiger partial charge in [-0.3, -0.25) is 0 Å². The van der Waals surface area contributed by atoms with Gasteiger partial charge in [0.05, 0.1) is 17.5 Å². The molecule has 0 unspecified atom stereocenters. The minimum absolute atomic E-state index is 0.336. The van der Waals surface area contributed by atoms with Gasteiger partial charge in [-0.05, 0) is 30.7 Å². The number of aromatic nitrogens is 2. The van der Waals surface area contributed by atoms with Crippen LogP contribution >= 0.6 is 0 Å². The zero-order valence-corrected chi connectivity index (χ0v) is 9.87. The number of aryl methyl sites for hydroxylation is 1. The first kappa shape index (κ1) is 10.8. The maximum atomic E-state index is 14.2. The normalized spacial score (nSPS) is 10.8. The average molecular weight is 241 g/mol. The number of H-pyrrole nitrogens is 1. The Hall–Kier alpha value is -2.36. The number of anilines is 2. The Morgan fingerprint density at radius 3 is 2.78 bits per heavy atom. The Balaban J connectivity index is 2.05. The van der Waals surface area contributed by atoms with E-state index in [1.165, 1.54) is 6.33 Å². The molecular weight excluding hydrogens is 229 g/mol. The van der Waals surface area contributed by atoms with Crippen LogP contribution in [0.2, 0.25) is 0 Å². The van der Waals surface area contributed by atoms with Crippen molar-refractivity contribution in [3.8, 4) is 0 Å². The molecule has 0 saturated carbocycles. The SMILES string of the molecule is Cc1ccccc1Nc1ccc2[nH]cnc2c1F. The molecule has 3 aromatic rings. The lowest BCUT2D eigenvalue weighted by Crippen LogP contribution is -1.96. The van der Waals surface area contributed by atoms with Crippen LogP contribution in [-0.4, -0.2) is 9.97 Å². The molecular formula is C14H12FN3. The van der Waals surface area contributed by atoms with Gasteiger partial charge >= 0.3 is 0 Å². The predicted molar refractivity (Wildman–Crippen MR) is 70.5 cm³/mol. The van der Waals surface area contributed by atoms with E-state index in [1.54, 1.807) is 6.07 Å². The van der Waals surface area contributed by atoms with Crippen molar-refractivity contribution in [2.75, 3.05) is 5.32 Å². The second kappa shape index (κ2) is 4.14. The monoisotopic (exact) mass is 241 g/mol. The van der Waals surface area contributed by atoms with E-state index < -0.39 is 0 Å². The Kier molecular flexibility index (Phi) is 2.48. The zero-order valence-electron chi connectivity index (χ0n) is 9.87. The maximum Gasteiger partial charge on any atom is 0.174 e. The second-order valence-electron chi connectivity index (χ2n) is 4.17. The number of nitrogens with zero attached hydrogens (tertiary/aromatic N) is 1. The third-order valence-corrected chi connectivity index (χ3v) is 2.94. The van der Waals surface area contributed by atoms with Crippen LogP contribution in [0.5, 0.6) is 0 Å². The molecule has 1 aromatic heterocycles. The maximum absolute atomic E-state index is 14.2. The summed E-state index contributed by atoms with van der Waals surface area (Å²) >= 11 is 0. The van der Waals surface area contributed by atoms with Gasteiger partial charge in [-0.25, -0.2) is 9.37 Å². The summed E-state index contributed by atoms with van der Waals surface area (Å²) in [5, 5.41) is 3.09. The highest BCUT2D eigenvalue weighted by molar-refractivity contribution is 5.81. The Morgan fingerprint density at radius 2 is 1.94 bits per heavy atom. The highest BCUT2D eigenvalue weighted by Crippen LogP contribution is 2.26. The number of halogens is 1. The van der Waals surface area contributed by atoms with Crippen LogP contribution in [0.15, 0.2) is 42.7 Å². The van der Waals surface area contributed by atoms with Gasteiger partial charge in [-0.1, -0.05) is 18.2 Å². The quantitative estimate of drug-likeness (QED) is 0.717. The third kappa shape index (κ3) is 1.72. The summed E-state index contributed by atoms with van der Waals surface area (Å²) in [7, 11) is 0. The number of hydrogen-bond donors (Lipinski definition) is 2. The van der Waals surface area contributed by atoms with E-state index in [0.717, 1.165) is 11.3 Å². The summed E-state index contributed by atoms with van der Waals surface area (Å²) in [5.74, 6) is -0.336. The fourth-order valence-corrected chi connectivity index (χ4v) is 1.93. The first-order valence-electron chi connectivity index (χ1n) is 5.70. The summed E-state index contributed by atoms with van der Waals surface area (Å²) in [5.41, 5.74) is 3.45. The number of rotatable bonds is 2. The molecule has 0 spiro atoms. The van der Waals surface area contributed by atoms with E-state index in [-0.39, 0.29) is 5.82 Å². The lowest BCUT2D eigenvalue weighted by molar-refractivity contribution is 0.641. The van der Waals surface area contributed by atoms with Crippen molar-refractivity contribution in [3.63, 3.8) is 0 Å². The van der Waals surface area contributed by atoms with Crippen LogP contribution in [-0.2, 0) is 0 Å². The summed E-state index contributed by atoms with van der Waals surface area (Å²) < 4.78 is 14.2. The van der Waals surface area contributed by atoms with Crippen molar-refractivity contribution in [2.24, 2.45) is 0 Å². The van der Waals surface area contributed by atoms with Gasteiger partial charge in [0, 0.05) is 5.69 Å². The molecule has 90 valence electrons. The summed E-state index contributed by atoms with van der Waals surface area (Å²) in [6, 6.07) is 11.3. The molecule has 4 heteroatoms. The van der Waals surface area contributed by atoms with Gasteiger partial charge in [-0.2, -0.15) is 0 Å². The molecule has 3 rings (SSSR count). The topological polar surface area (TPSA) is 40.7 Å². The van der Waals surface area contributed by atoms with Crippen molar-refractivity contribution < 1.29 is 4.39 Å². The molecule has 0 saturated heterocycles. The number of imidazole rings is 1. The van der Waals surface area contributed by atoms with Crippen molar-refractivity contribution in [1.82, 2.24) is 9.97 Å². The van der Waals surface area contributed by atoms with E-state index in [2.05, 4.69) is 15.3 Å². The molecule has 2 N–H and O–H groups in total. The Labute approximate surface area is 104 Å². The van der Waals surface area contributed by atoms with Crippen molar-refractivity contribution in [1.29, 1.82) is 0 Å². The molecule has 0 bridgehead atoms. The number of nitrogens with one attached hydrogen (secondary N) is 2. The zero-order chi connectivity index (χ0) is 12.5. The highest BCUT2D eigenvalue weighted by atomic mass is 19.1. The number of hydrogen-bond acceptors (Lipinski definition) is 2. The molecule has 0 atom stereocenters. The van der Waals surface area contributed by atoms with Gasteiger partial charge in [-0.15, -0.1) is 0 Å². The van der Waals surface area contributed by atoms with Gasteiger partial charge < -0.3 is 10.3 Å². The van der Waals surface area contributed by atoms with E-state index in [4.69, 9.17) is 0 Å². The predicted octanol–water partition coefficient (Wildman–Crippen LogP) is 3.75. The molecule has 0 aliphatic heterocycles. The third-order valence-electron chi connectivity index (χ3n) is 2.94. The van der Waals surface area contributed by atoms with E-state index in [0.29, 0.717) is 16.7 Å². The van der Waals surface area contributed by atoms with Gasteiger partial charge in [0.1, 0.15) is 5.52 Å². The first-order chi connectivity index (χ1) is 8.75. The minimum atomic E-state index is -0.336. The van der Waals surface area contributed by atoms with E-state index in [1.807, 2.05) is 37.3 Å². The van der Waals surface area contributed by atoms with Crippen LogP contribution < -0.4 is 5.32 Å². The average Bonchev–Trinajstić information content (AvgIpc) is 2.84. The van der Waals surface area contributed by atoms with E-state index in [9.17, 15) is 4.39 Å². The fraction of sp³-hybridized carbons (Fsp3) is 0.0714. The fourth-order valence-electron chi connectivity index (χ4n) is 1.93. The number of fused-ring (bicyclic) bond motifs is 1. The van der Waals surface area contributed by atoms with Crippen LogP contribution in [0.3, 0.4) is 0 Å². The number of benzene rings is 2. The van der Waals surface area contributed by atoms with Gasteiger partial charge in [0.2, 0.25) is 0 Å². The molecule has 0 aliphatic carbocycles. The Morgan fingerprint density at radius 1 is 1.11 bits per heavy atom. The molecule has 0 radical (unpaired) electrons. The lowest BCUT2D eigenvalue weighted by Gasteiger charge is -2.10. The standard InChI is InChI=1S/C14H12FN3/c1-9-4-2-3-5-10(9)18-11-6-7-12-14(13(11)15)17-8-16-12/h2-8,18H,1H3,(H,16,17). The molecule has 18 heavy (non-hydrogen) atoms. The van der Waals surface area contributed by atoms with Crippen LogP contribution in [0.1, 0.15) is 5.56 Å². The van der Waals surface area contributed by atoms with Crippen molar-refractivity contribution in [3.05, 3.63) is 54.1 Å². The van der Waals surface area contributed by atoms with E-state index >= 15 is 0 Å². The molecule has 1 heterocycles. The lowest BCUT2D eigenvalue weighted by atomic mass is 10.2. The highest BCUT2D eigenvalue weighted by Gasteiger charge is 2.09. The van der Waals surface area contributed by atoms with Crippen LogP contribution in [0, 0.1) is 12.7 Å². The van der Waals surface area contributed by atoms with Gasteiger partial charge in [0.15, 0.2) is 5.82 Å². The smallest absolute Gasteiger partial charge is 0.174 e. The Bertz CT molecular complexity index is 703. The molecule has 0 amide bonds. The van der Waals surface area contributed by atoms with Gasteiger partial charge in [0.25, 0.3) is 0 Å². The van der Waals surface area contributed by atoms with Crippen LogP contribution in [0.4, 0.5) is 15.8 Å². The number of para-hydroxylation sites is 1. The van der Waals surface area contributed by atoms with Crippen molar-refractivity contribution >= 4 is 22.4 Å². The molecule has 3 nitrogen and oxygen atoms in total. The van der Waals surface area contributed by atoms with Crippen LogP contribution in [0.25, 0.3) is 11.0 Å². The van der Waals surface area contributed by atoms with Crippen molar-refractivity contribution in [2.45, 2.75) is 6.92 Å².